The molecule has 1 heterocycles. The molecule has 1 saturated heterocycles. The summed E-state index contributed by atoms with van der Waals surface area (Å²) in [5.74, 6) is -1.16. The number of hydroxylamine groups is 2. The molecule has 74 valence electrons. The summed E-state index contributed by atoms with van der Waals surface area (Å²) in [6.45, 7) is 1.76. The number of aliphatic carboxylic acids is 1. The first-order chi connectivity index (χ1) is 6.04. The SMILES string of the molecule is CCC1(C(=O)O)CCON1C(=O)O. The molecule has 2 N–H and O–H groups in total. The minimum Gasteiger partial charge on any atom is -0.479 e. The Bertz CT molecular complexity index is 241. The number of hydrogen-bond donors (Lipinski definition) is 2. The van der Waals surface area contributed by atoms with E-state index in [1.54, 1.807) is 6.92 Å². The summed E-state index contributed by atoms with van der Waals surface area (Å²) in [5.41, 5.74) is -1.40. The zero-order valence-electron chi connectivity index (χ0n) is 7.19. The van der Waals surface area contributed by atoms with E-state index in [1.807, 2.05) is 0 Å². The molecule has 6 nitrogen and oxygen atoms in total. The van der Waals surface area contributed by atoms with Crippen molar-refractivity contribution in [3.05, 3.63) is 0 Å². The van der Waals surface area contributed by atoms with Gasteiger partial charge in [0.25, 0.3) is 0 Å². The average Bonchev–Trinajstić information content (AvgIpc) is 2.48. The largest absolute Gasteiger partial charge is 0.479 e. The molecule has 1 aliphatic rings. The molecule has 0 spiro atoms. The predicted octanol–water partition coefficient (Wildman–Crippen LogP) is 0.535. The van der Waals surface area contributed by atoms with Crippen LogP contribution in [0.4, 0.5) is 4.79 Å². The first kappa shape index (κ1) is 9.79. The van der Waals surface area contributed by atoms with Crippen molar-refractivity contribution in [1.82, 2.24) is 5.06 Å². The third-order valence-electron chi connectivity index (χ3n) is 2.28. The fraction of sp³-hybridized carbons (Fsp3) is 0.714. The van der Waals surface area contributed by atoms with E-state index < -0.39 is 17.6 Å². The van der Waals surface area contributed by atoms with Gasteiger partial charge in [0.15, 0.2) is 5.54 Å². The lowest BCUT2D eigenvalue weighted by Crippen LogP contribution is -2.51. The van der Waals surface area contributed by atoms with E-state index in [0.717, 1.165) is 0 Å². The summed E-state index contributed by atoms with van der Waals surface area (Å²) >= 11 is 0. The number of carbonyl (C=O) groups is 2. The molecule has 0 saturated carbocycles. The molecular formula is C7H11NO5. The first-order valence-corrected chi connectivity index (χ1v) is 3.94. The highest BCUT2D eigenvalue weighted by molar-refractivity contribution is 5.83. The minimum atomic E-state index is -1.40. The van der Waals surface area contributed by atoms with E-state index >= 15 is 0 Å². The highest BCUT2D eigenvalue weighted by Gasteiger charge is 2.50. The Morgan fingerprint density at radius 3 is 2.46 bits per heavy atom. The fourth-order valence-electron chi connectivity index (χ4n) is 1.43. The second-order valence-electron chi connectivity index (χ2n) is 2.85. The van der Waals surface area contributed by atoms with Crippen molar-refractivity contribution in [2.24, 2.45) is 0 Å². The maximum absolute atomic E-state index is 10.9. The van der Waals surface area contributed by atoms with Crippen LogP contribution in [-0.4, -0.2) is 39.5 Å². The Morgan fingerprint density at radius 2 is 2.15 bits per heavy atom. The summed E-state index contributed by atoms with van der Waals surface area (Å²) in [6, 6.07) is 0. The van der Waals surface area contributed by atoms with Crippen LogP contribution in [0.25, 0.3) is 0 Å². The van der Waals surface area contributed by atoms with Gasteiger partial charge in [0.1, 0.15) is 0 Å². The van der Waals surface area contributed by atoms with Crippen LogP contribution in [0.2, 0.25) is 0 Å². The molecule has 0 aromatic carbocycles. The van der Waals surface area contributed by atoms with Gasteiger partial charge in [-0.25, -0.2) is 9.59 Å². The maximum atomic E-state index is 10.9. The lowest BCUT2D eigenvalue weighted by atomic mass is 9.93. The van der Waals surface area contributed by atoms with Gasteiger partial charge in [0.2, 0.25) is 0 Å². The monoisotopic (exact) mass is 189 g/mol. The zero-order chi connectivity index (χ0) is 10.1. The van der Waals surface area contributed by atoms with Gasteiger partial charge in [-0.15, -0.1) is 0 Å². The molecule has 1 amide bonds. The summed E-state index contributed by atoms with van der Waals surface area (Å²) in [7, 11) is 0. The topological polar surface area (TPSA) is 87.1 Å². The van der Waals surface area contributed by atoms with Gasteiger partial charge < -0.3 is 10.2 Å². The van der Waals surface area contributed by atoms with Crippen LogP contribution in [-0.2, 0) is 9.63 Å². The second-order valence-corrected chi connectivity index (χ2v) is 2.85. The summed E-state index contributed by atoms with van der Waals surface area (Å²) in [6.07, 6.45) is -0.957. The number of carboxylic acid groups (broad SMARTS) is 2. The van der Waals surface area contributed by atoms with Crippen molar-refractivity contribution in [2.45, 2.75) is 25.3 Å². The number of nitrogens with zero attached hydrogens (tertiary/aromatic N) is 1. The lowest BCUT2D eigenvalue weighted by molar-refractivity contribution is -0.173. The van der Waals surface area contributed by atoms with Crippen molar-refractivity contribution in [3.63, 3.8) is 0 Å². The van der Waals surface area contributed by atoms with E-state index in [9.17, 15) is 9.59 Å². The van der Waals surface area contributed by atoms with Crippen molar-refractivity contribution < 1.29 is 24.6 Å². The van der Waals surface area contributed by atoms with Crippen LogP contribution < -0.4 is 0 Å². The molecule has 0 radical (unpaired) electrons. The van der Waals surface area contributed by atoms with Crippen molar-refractivity contribution in [2.75, 3.05) is 6.61 Å². The predicted molar refractivity (Wildman–Crippen MR) is 41.1 cm³/mol. The first-order valence-electron chi connectivity index (χ1n) is 3.94. The Hall–Kier alpha value is -1.30. The molecular weight excluding hydrogens is 178 g/mol. The molecule has 1 fully saturated rings. The molecule has 0 aromatic rings. The third kappa shape index (κ3) is 1.33. The Balaban J connectivity index is 2.96. The molecule has 1 rings (SSSR count). The van der Waals surface area contributed by atoms with Crippen LogP contribution in [0.1, 0.15) is 19.8 Å². The van der Waals surface area contributed by atoms with E-state index in [-0.39, 0.29) is 19.4 Å². The Kier molecular flexibility index (Phi) is 2.42. The van der Waals surface area contributed by atoms with Crippen molar-refractivity contribution in [1.29, 1.82) is 0 Å². The van der Waals surface area contributed by atoms with E-state index in [1.165, 1.54) is 0 Å². The average molecular weight is 189 g/mol. The van der Waals surface area contributed by atoms with Gasteiger partial charge in [-0.05, 0) is 6.42 Å². The third-order valence-corrected chi connectivity index (χ3v) is 2.28. The minimum absolute atomic E-state index is 0.131. The molecule has 1 atom stereocenters. The van der Waals surface area contributed by atoms with Crippen LogP contribution in [0.15, 0.2) is 0 Å². The van der Waals surface area contributed by atoms with Gasteiger partial charge >= 0.3 is 12.1 Å². The number of amides is 1. The molecule has 13 heavy (non-hydrogen) atoms. The normalized spacial score (nSPS) is 27.6. The molecule has 0 bridgehead atoms. The Morgan fingerprint density at radius 1 is 1.54 bits per heavy atom. The number of rotatable bonds is 2. The van der Waals surface area contributed by atoms with E-state index in [4.69, 9.17) is 15.1 Å². The summed E-state index contributed by atoms with van der Waals surface area (Å²) in [4.78, 5) is 26.2. The number of hydrogen-bond acceptors (Lipinski definition) is 3. The highest BCUT2D eigenvalue weighted by atomic mass is 16.7. The highest BCUT2D eigenvalue weighted by Crippen LogP contribution is 2.30. The quantitative estimate of drug-likeness (QED) is 0.661. The zero-order valence-corrected chi connectivity index (χ0v) is 7.19. The standard InChI is InChI=1S/C7H11NO5/c1-2-7(5(9)10)3-4-13-8(7)6(11)12/h2-4H2,1H3,(H,9,10)(H,11,12). The van der Waals surface area contributed by atoms with Gasteiger partial charge in [-0.2, -0.15) is 5.06 Å². The molecule has 6 heteroatoms. The molecule has 1 aliphatic heterocycles. The van der Waals surface area contributed by atoms with Gasteiger partial charge in [-0.3, -0.25) is 4.84 Å². The fourth-order valence-corrected chi connectivity index (χ4v) is 1.43. The van der Waals surface area contributed by atoms with Gasteiger partial charge in [0, 0.05) is 6.42 Å². The van der Waals surface area contributed by atoms with Crippen LogP contribution in [0, 0.1) is 0 Å². The summed E-state index contributed by atoms with van der Waals surface area (Å²) < 4.78 is 0. The van der Waals surface area contributed by atoms with Gasteiger partial charge in [-0.1, -0.05) is 6.92 Å². The lowest BCUT2D eigenvalue weighted by Gasteiger charge is -2.28. The van der Waals surface area contributed by atoms with Crippen LogP contribution in [0.5, 0.6) is 0 Å². The van der Waals surface area contributed by atoms with Crippen LogP contribution >= 0.6 is 0 Å². The van der Waals surface area contributed by atoms with Crippen molar-refractivity contribution >= 4 is 12.1 Å². The maximum Gasteiger partial charge on any atom is 0.432 e. The van der Waals surface area contributed by atoms with E-state index in [2.05, 4.69) is 0 Å². The summed E-state index contributed by atoms with van der Waals surface area (Å²) in [5, 5.41) is 18.1. The Labute approximate surface area is 74.7 Å². The molecule has 1 unspecified atom stereocenters. The smallest absolute Gasteiger partial charge is 0.432 e. The van der Waals surface area contributed by atoms with Gasteiger partial charge in [0.05, 0.1) is 6.61 Å². The number of carboxylic acids is 1. The van der Waals surface area contributed by atoms with Crippen LogP contribution in [0.3, 0.4) is 0 Å². The van der Waals surface area contributed by atoms with Crippen molar-refractivity contribution in [3.8, 4) is 0 Å². The van der Waals surface area contributed by atoms with E-state index in [0.29, 0.717) is 5.06 Å². The molecule has 0 aromatic heterocycles. The molecule has 0 aliphatic carbocycles. The second kappa shape index (κ2) is 3.21.